The Balaban J connectivity index is 1.83. The molecule has 2 fully saturated rings. The van der Waals surface area contributed by atoms with Crippen LogP contribution in [0.15, 0.2) is 12.3 Å². The van der Waals surface area contributed by atoms with Crippen molar-refractivity contribution in [2.45, 2.75) is 70.6 Å². The summed E-state index contributed by atoms with van der Waals surface area (Å²) in [6.45, 7) is 3.62. The van der Waals surface area contributed by atoms with Crippen LogP contribution in [-0.4, -0.2) is 37.8 Å². The topological polar surface area (TPSA) is 58.4 Å². The van der Waals surface area contributed by atoms with E-state index in [1.54, 1.807) is 0 Å². The van der Waals surface area contributed by atoms with E-state index < -0.39 is 5.97 Å². The number of carbonyl (C=O) groups is 1. The lowest BCUT2D eigenvalue weighted by Gasteiger charge is -2.47. The third kappa shape index (κ3) is 2.84. The van der Waals surface area contributed by atoms with Crippen LogP contribution in [0.25, 0.3) is 0 Å². The van der Waals surface area contributed by atoms with Crippen LogP contribution in [0.5, 0.6) is 0 Å². The summed E-state index contributed by atoms with van der Waals surface area (Å²) < 4.78 is 1.98. The molecule has 5 heteroatoms. The van der Waals surface area contributed by atoms with Crippen LogP contribution in [0.4, 0.5) is 0 Å². The first-order valence-electron chi connectivity index (χ1n) is 8.20. The molecule has 1 aromatic heterocycles. The minimum Gasteiger partial charge on any atom is -0.480 e. The van der Waals surface area contributed by atoms with Crippen molar-refractivity contribution in [3.8, 4) is 0 Å². The first kappa shape index (κ1) is 14.6. The molecular formula is C16H25N3O2. The molecule has 2 aliphatic rings. The van der Waals surface area contributed by atoms with Gasteiger partial charge < -0.3 is 5.11 Å². The number of aromatic nitrogens is 2. The molecule has 0 aromatic carbocycles. The molecule has 5 nitrogen and oxygen atoms in total. The van der Waals surface area contributed by atoms with Gasteiger partial charge in [-0.15, -0.1) is 0 Å². The molecule has 1 saturated heterocycles. The molecule has 21 heavy (non-hydrogen) atoms. The van der Waals surface area contributed by atoms with Crippen LogP contribution in [0.2, 0.25) is 0 Å². The number of aryl methyl sites for hydroxylation is 1. The maximum Gasteiger partial charge on any atom is 0.320 e. The molecule has 1 saturated carbocycles. The summed E-state index contributed by atoms with van der Waals surface area (Å²) in [5, 5.41) is 13.9. The minimum atomic E-state index is -0.665. The number of nitrogens with zero attached hydrogens (tertiary/aromatic N) is 3. The number of carboxylic acid groups (broad SMARTS) is 1. The molecule has 0 bridgehead atoms. The summed E-state index contributed by atoms with van der Waals surface area (Å²) in [7, 11) is 0. The molecule has 1 aliphatic carbocycles. The van der Waals surface area contributed by atoms with Crippen molar-refractivity contribution in [1.82, 2.24) is 14.7 Å². The predicted molar refractivity (Wildman–Crippen MR) is 79.8 cm³/mol. The molecule has 1 aromatic rings. The second-order valence-electron chi connectivity index (χ2n) is 6.35. The lowest BCUT2D eigenvalue weighted by atomic mass is 9.76. The van der Waals surface area contributed by atoms with Crippen LogP contribution in [0.1, 0.15) is 51.1 Å². The van der Waals surface area contributed by atoms with E-state index in [0.29, 0.717) is 18.5 Å². The second kappa shape index (κ2) is 6.18. The van der Waals surface area contributed by atoms with Crippen LogP contribution in [0.3, 0.4) is 0 Å². The number of likely N-dealkylation sites (tertiary alicyclic amines) is 1. The Morgan fingerprint density at radius 3 is 2.90 bits per heavy atom. The fourth-order valence-electron chi connectivity index (χ4n) is 4.19. The minimum absolute atomic E-state index is 0.329. The Hall–Kier alpha value is -1.36. The number of hydrogen-bond acceptors (Lipinski definition) is 3. The van der Waals surface area contributed by atoms with Gasteiger partial charge in [0.25, 0.3) is 0 Å². The third-order valence-electron chi connectivity index (χ3n) is 5.24. The van der Waals surface area contributed by atoms with Gasteiger partial charge >= 0.3 is 5.97 Å². The van der Waals surface area contributed by atoms with Crippen molar-refractivity contribution in [2.75, 3.05) is 0 Å². The van der Waals surface area contributed by atoms with Crippen molar-refractivity contribution < 1.29 is 9.90 Å². The molecule has 2 heterocycles. The van der Waals surface area contributed by atoms with E-state index in [1.165, 1.54) is 19.3 Å². The zero-order valence-electron chi connectivity index (χ0n) is 12.7. The Bertz CT molecular complexity index is 499. The average molecular weight is 291 g/mol. The van der Waals surface area contributed by atoms with E-state index in [0.717, 1.165) is 31.5 Å². The van der Waals surface area contributed by atoms with Crippen LogP contribution >= 0.6 is 0 Å². The summed E-state index contributed by atoms with van der Waals surface area (Å²) in [5.41, 5.74) is 1.13. The van der Waals surface area contributed by atoms with E-state index in [4.69, 9.17) is 0 Å². The van der Waals surface area contributed by atoms with Crippen LogP contribution in [0, 0.1) is 5.92 Å². The molecular weight excluding hydrogens is 266 g/mol. The molecule has 1 aliphatic heterocycles. The average Bonchev–Trinajstić information content (AvgIpc) is 2.94. The highest BCUT2D eigenvalue weighted by molar-refractivity contribution is 5.73. The standard InChI is InChI=1S/C16H25N3O2/c1-2-19-13(9-10-17-19)11-18-14-6-4-3-5-12(14)7-8-15(18)16(20)21/h9-10,12,14-15H,2-8,11H2,1H3,(H,20,21). The highest BCUT2D eigenvalue weighted by Crippen LogP contribution is 2.38. The molecule has 3 rings (SSSR count). The smallest absolute Gasteiger partial charge is 0.320 e. The first-order valence-corrected chi connectivity index (χ1v) is 8.20. The predicted octanol–water partition coefficient (Wildman–Crippen LogP) is 2.51. The summed E-state index contributed by atoms with van der Waals surface area (Å²) in [4.78, 5) is 13.9. The SMILES string of the molecule is CCn1nccc1CN1C(C(=O)O)CCC2CCCCC21. The molecule has 0 amide bonds. The van der Waals surface area contributed by atoms with Crippen molar-refractivity contribution in [3.63, 3.8) is 0 Å². The number of aliphatic carboxylic acids is 1. The molecule has 3 unspecified atom stereocenters. The van der Waals surface area contributed by atoms with Crippen molar-refractivity contribution in [3.05, 3.63) is 18.0 Å². The van der Waals surface area contributed by atoms with Gasteiger partial charge in [0.05, 0.1) is 5.69 Å². The monoisotopic (exact) mass is 291 g/mol. The maximum absolute atomic E-state index is 11.7. The normalized spacial score (nSPS) is 30.0. The van der Waals surface area contributed by atoms with Crippen molar-refractivity contribution in [2.24, 2.45) is 5.92 Å². The lowest BCUT2D eigenvalue weighted by molar-refractivity contribution is -0.148. The summed E-state index contributed by atoms with van der Waals surface area (Å²) in [6.07, 6.45) is 8.63. The molecule has 3 atom stereocenters. The highest BCUT2D eigenvalue weighted by Gasteiger charge is 2.41. The molecule has 1 N–H and O–H groups in total. The summed E-state index contributed by atoms with van der Waals surface area (Å²) >= 11 is 0. The van der Waals surface area contributed by atoms with Crippen LogP contribution < -0.4 is 0 Å². The van der Waals surface area contributed by atoms with Gasteiger partial charge in [0, 0.05) is 25.3 Å². The zero-order valence-corrected chi connectivity index (χ0v) is 12.7. The number of hydrogen-bond donors (Lipinski definition) is 1. The summed E-state index contributed by atoms with van der Waals surface area (Å²) in [6, 6.07) is 2.13. The van der Waals surface area contributed by atoms with Gasteiger partial charge in [0.15, 0.2) is 0 Å². The van der Waals surface area contributed by atoms with E-state index in [9.17, 15) is 9.90 Å². The van der Waals surface area contributed by atoms with Gasteiger partial charge in [-0.3, -0.25) is 14.4 Å². The number of piperidine rings is 1. The van der Waals surface area contributed by atoms with Gasteiger partial charge in [0.1, 0.15) is 6.04 Å². The summed E-state index contributed by atoms with van der Waals surface area (Å²) in [5.74, 6) is 0.0222. The molecule has 116 valence electrons. The van der Waals surface area contributed by atoms with Gasteiger partial charge in [-0.1, -0.05) is 12.8 Å². The second-order valence-corrected chi connectivity index (χ2v) is 6.35. The first-order chi connectivity index (χ1) is 10.2. The van der Waals surface area contributed by atoms with Crippen molar-refractivity contribution in [1.29, 1.82) is 0 Å². The molecule has 0 radical (unpaired) electrons. The van der Waals surface area contributed by atoms with E-state index in [2.05, 4.69) is 16.9 Å². The fraction of sp³-hybridized carbons (Fsp3) is 0.750. The maximum atomic E-state index is 11.7. The van der Waals surface area contributed by atoms with Gasteiger partial charge in [0.2, 0.25) is 0 Å². The molecule has 0 spiro atoms. The fourth-order valence-corrected chi connectivity index (χ4v) is 4.19. The van der Waals surface area contributed by atoms with E-state index >= 15 is 0 Å². The Morgan fingerprint density at radius 2 is 2.14 bits per heavy atom. The zero-order chi connectivity index (χ0) is 14.8. The van der Waals surface area contributed by atoms with Gasteiger partial charge in [-0.2, -0.15) is 5.10 Å². The van der Waals surface area contributed by atoms with Crippen molar-refractivity contribution >= 4 is 5.97 Å². The van der Waals surface area contributed by atoms with E-state index in [-0.39, 0.29) is 6.04 Å². The largest absolute Gasteiger partial charge is 0.480 e. The number of rotatable bonds is 4. The van der Waals surface area contributed by atoms with E-state index in [1.807, 2.05) is 16.9 Å². The van der Waals surface area contributed by atoms with Gasteiger partial charge in [-0.05, 0) is 44.6 Å². The quantitative estimate of drug-likeness (QED) is 0.926. The Morgan fingerprint density at radius 1 is 1.33 bits per heavy atom. The Labute approximate surface area is 125 Å². The third-order valence-corrected chi connectivity index (χ3v) is 5.24. The number of carboxylic acids is 1. The van der Waals surface area contributed by atoms with Crippen LogP contribution in [-0.2, 0) is 17.9 Å². The lowest BCUT2D eigenvalue weighted by Crippen LogP contribution is -2.54. The highest BCUT2D eigenvalue weighted by atomic mass is 16.4. The Kier molecular flexibility index (Phi) is 4.29. The number of fused-ring (bicyclic) bond motifs is 1. The van der Waals surface area contributed by atoms with Gasteiger partial charge in [-0.25, -0.2) is 0 Å².